The smallest absolute Gasteiger partial charge is 0.257 e. The summed E-state index contributed by atoms with van der Waals surface area (Å²) in [5.74, 6) is 0. The van der Waals surface area contributed by atoms with Gasteiger partial charge in [0.15, 0.2) is 0 Å². The van der Waals surface area contributed by atoms with Crippen molar-refractivity contribution in [2.24, 2.45) is 0 Å². The molecule has 0 spiro atoms. The van der Waals surface area contributed by atoms with Gasteiger partial charge in [0.2, 0.25) is 0 Å². The first-order chi connectivity index (χ1) is 11.2. The number of nitrogens with one attached hydrogen (secondary N) is 1. The van der Waals surface area contributed by atoms with Gasteiger partial charge in [-0.15, -0.1) is 11.3 Å². The third-order valence-corrected chi connectivity index (χ3v) is 4.84. The summed E-state index contributed by atoms with van der Waals surface area (Å²) in [6, 6.07) is 17.1. The van der Waals surface area contributed by atoms with Crippen molar-refractivity contribution in [3.63, 3.8) is 0 Å². The first kappa shape index (κ1) is 14.2. The quantitative estimate of drug-likeness (QED) is 0.560. The zero-order chi connectivity index (χ0) is 15.8. The molecule has 0 aliphatic carbocycles. The normalized spacial score (nSPS) is 11.0. The summed E-state index contributed by atoms with van der Waals surface area (Å²) in [6.07, 6.45) is 0. The van der Waals surface area contributed by atoms with Gasteiger partial charge in [-0.25, -0.2) is 4.98 Å². The molecule has 3 nitrogen and oxygen atoms in total. The molecule has 1 N–H and O–H groups in total. The third-order valence-electron chi connectivity index (χ3n) is 3.64. The predicted molar refractivity (Wildman–Crippen MR) is 96.1 cm³/mol. The van der Waals surface area contributed by atoms with Crippen LogP contribution in [0.15, 0.2) is 64.8 Å². The Bertz CT molecular complexity index is 1070. The van der Waals surface area contributed by atoms with Gasteiger partial charge in [0.25, 0.3) is 5.56 Å². The number of rotatable bonds is 2. The van der Waals surface area contributed by atoms with Crippen LogP contribution in [0.3, 0.4) is 0 Å². The minimum Gasteiger partial charge on any atom is -0.321 e. The summed E-state index contributed by atoms with van der Waals surface area (Å²) >= 11 is 7.70. The minimum absolute atomic E-state index is 0.139. The van der Waals surface area contributed by atoms with Crippen LogP contribution in [0.1, 0.15) is 0 Å². The molecule has 2 aromatic carbocycles. The highest BCUT2D eigenvalue weighted by atomic mass is 35.5. The molecule has 0 bridgehead atoms. The van der Waals surface area contributed by atoms with Crippen LogP contribution < -0.4 is 5.56 Å². The van der Waals surface area contributed by atoms with Gasteiger partial charge in [-0.05, 0) is 23.6 Å². The number of H-pyrrole nitrogens is 1. The summed E-state index contributed by atoms with van der Waals surface area (Å²) in [5, 5.41) is 4.33. The van der Waals surface area contributed by atoms with Crippen molar-refractivity contribution >= 4 is 33.8 Å². The van der Waals surface area contributed by atoms with E-state index in [4.69, 9.17) is 11.6 Å². The lowest BCUT2D eigenvalue weighted by atomic mass is 10.1. The van der Waals surface area contributed by atoms with Gasteiger partial charge in [0, 0.05) is 16.5 Å². The fourth-order valence-electron chi connectivity index (χ4n) is 2.49. The maximum Gasteiger partial charge on any atom is 0.257 e. The molecule has 0 saturated heterocycles. The second-order valence-electron chi connectivity index (χ2n) is 5.12. The van der Waals surface area contributed by atoms with E-state index in [2.05, 4.69) is 9.97 Å². The van der Waals surface area contributed by atoms with Crippen LogP contribution in [0, 0.1) is 0 Å². The third kappa shape index (κ3) is 2.56. The maximum absolute atomic E-state index is 12.3. The number of pyridine rings is 1. The van der Waals surface area contributed by atoms with Gasteiger partial charge in [-0.3, -0.25) is 4.79 Å². The lowest BCUT2D eigenvalue weighted by Crippen LogP contribution is -2.08. The number of halogens is 1. The van der Waals surface area contributed by atoms with Crippen LogP contribution in [0.25, 0.3) is 32.7 Å². The summed E-state index contributed by atoms with van der Waals surface area (Å²) in [6.45, 7) is 0. The molecule has 23 heavy (non-hydrogen) atoms. The van der Waals surface area contributed by atoms with Crippen molar-refractivity contribution < 1.29 is 0 Å². The largest absolute Gasteiger partial charge is 0.321 e. The Morgan fingerprint density at radius 1 is 1.00 bits per heavy atom. The van der Waals surface area contributed by atoms with E-state index in [1.54, 1.807) is 0 Å². The van der Waals surface area contributed by atoms with Crippen molar-refractivity contribution in [1.29, 1.82) is 0 Å². The van der Waals surface area contributed by atoms with Crippen molar-refractivity contribution in [3.8, 4) is 21.8 Å². The molecule has 2 aromatic heterocycles. The van der Waals surface area contributed by atoms with Crippen molar-refractivity contribution in [3.05, 3.63) is 75.4 Å². The topological polar surface area (TPSA) is 45.8 Å². The number of fused-ring (bicyclic) bond motifs is 1. The van der Waals surface area contributed by atoms with Crippen LogP contribution in [-0.4, -0.2) is 9.97 Å². The number of hydrogen-bond acceptors (Lipinski definition) is 3. The van der Waals surface area contributed by atoms with Crippen LogP contribution in [0.4, 0.5) is 0 Å². The lowest BCUT2D eigenvalue weighted by molar-refractivity contribution is 1.28. The van der Waals surface area contributed by atoms with Crippen molar-refractivity contribution in [1.82, 2.24) is 9.97 Å². The molecule has 4 aromatic rings. The number of para-hydroxylation sites is 1. The summed E-state index contributed by atoms with van der Waals surface area (Å²) in [7, 11) is 0. The fraction of sp³-hybridized carbons (Fsp3) is 0. The average molecular weight is 339 g/mol. The van der Waals surface area contributed by atoms with E-state index in [9.17, 15) is 4.79 Å². The number of nitrogens with zero attached hydrogens (tertiary/aromatic N) is 1. The molecule has 0 radical (unpaired) electrons. The van der Waals surface area contributed by atoms with E-state index in [0.717, 1.165) is 21.5 Å². The van der Waals surface area contributed by atoms with Gasteiger partial charge in [-0.1, -0.05) is 48.0 Å². The van der Waals surface area contributed by atoms with Gasteiger partial charge in [-0.2, -0.15) is 0 Å². The SMILES string of the molecule is O=c1[nH]c2ccccc2cc1-c1csc(-c2ccccc2Cl)n1. The number of hydrogen-bond donors (Lipinski definition) is 1. The van der Waals surface area contributed by atoms with Gasteiger partial charge in [0.05, 0.1) is 16.3 Å². The monoisotopic (exact) mass is 338 g/mol. The van der Waals surface area contributed by atoms with Crippen LogP contribution in [0.5, 0.6) is 0 Å². The van der Waals surface area contributed by atoms with E-state index >= 15 is 0 Å². The molecule has 0 unspecified atom stereocenters. The average Bonchev–Trinajstić information content (AvgIpc) is 3.04. The highest BCUT2D eigenvalue weighted by Crippen LogP contribution is 2.32. The van der Waals surface area contributed by atoms with E-state index < -0.39 is 0 Å². The lowest BCUT2D eigenvalue weighted by Gasteiger charge is -2.01. The molecule has 5 heteroatoms. The van der Waals surface area contributed by atoms with Crippen molar-refractivity contribution in [2.75, 3.05) is 0 Å². The summed E-state index contributed by atoms with van der Waals surface area (Å²) < 4.78 is 0. The Balaban J connectivity index is 1.85. The molecule has 4 rings (SSSR count). The first-order valence-electron chi connectivity index (χ1n) is 7.05. The van der Waals surface area contributed by atoms with E-state index in [-0.39, 0.29) is 5.56 Å². The second-order valence-corrected chi connectivity index (χ2v) is 6.38. The Hall–Kier alpha value is -2.43. The Labute approximate surface area is 141 Å². The zero-order valence-corrected chi connectivity index (χ0v) is 13.5. The van der Waals surface area contributed by atoms with Crippen LogP contribution in [-0.2, 0) is 0 Å². The highest BCUT2D eigenvalue weighted by Gasteiger charge is 2.12. The molecular formula is C18H11ClN2OS. The first-order valence-corrected chi connectivity index (χ1v) is 8.31. The number of thiazole rings is 1. The molecule has 112 valence electrons. The number of aromatic nitrogens is 2. The second kappa shape index (κ2) is 5.65. The van der Waals surface area contributed by atoms with Gasteiger partial charge in [0.1, 0.15) is 5.01 Å². The van der Waals surface area contributed by atoms with Crippen LogP contribution in [0.2, 0.25) is 5.02 Å². The van der Waals surface area contributed by atoms with Gasteiger partial charge < -0.3 is 4.98 Å². The molecule has 0 aliphatic rings. The standard InChI is InChI=1S/C18H11ClN2OS/c19-14-7-3-2-6-12(14)18-21-16(10-23-18)13-9-11-5-1-4-8-15(11)20-17(13)22/h1-10H,(H,20,22). The zero-order valence-electron chi connectivity index (χ0n) is 11.9. The maximum atomic E-state index is 12.3. The molecule has 0 fully saturated rings. The predicted octanol–water partition coefficient (Wildman–Crippen LogP) is 4.97. The van der Waals surface area contributed by atoms with Gasteiger partial charge >= 0.3 is 0 Å². The highest BCUT2D eigenvalue weighted by molar-refractivity contribution is 7.13. The summed E-state index contributed by atoms with van der Waals surface area (Å²) in [4.78, 5) is 19.8. The van der Waals surface area contributed by atoms with Crippen LogP contribution >= 0.6 is 22.9 Å². The Morgan fingerprint density at radius 2 is 1.78 bits per heavy atom. The van der Waals surface area contributed by atoms with E-state index in [0.29, 0.717) is 16.3 Å². The number of aromatic amines is 1. The van der Waals surface area contributed by atoms with E-state index in [1.807, 2.05) is 60.0 Å². The molecule has 0 saturated carbocycles. The fourth-order valence-corrected chi connectivity index (χ4v) is 3.63. The Kier molecular flexibility index (Phi) is 3.48. The molecule has 0 aliphatic heterocycles. The Morgan fingerprint density at radius 3 is 2.65 bits per heavy atom. The summed E-state index contributed by atoms with van der Waals surface area (Å²) in [5.41, 5.74) is 2.79. The molecule has 0 atom stereocenters. The van der Waals surface area contributed by atoms with Crippen molar-refractivity contribution in [2.45, 2.75) is 0 Å². The molecule has 2 heterocycles. The number of benzene rings is 2. The minimum atomic E-state index is -0.139. The van der Waals surface area contributed by atoms with E-state index in [1.165, 1.54) is 11.3 Å². The molecule has 0 amide bonds. The molecular weight excluding hydrogens is 328 g/mol.